The Morgan fingerprint density at radius 3 is 2.55 bits per heavy atom. The molecule has 0 aliphatic rings. The van der Waals surface area contributed by atoms with E-state index >= 15 is 0 Å². The molecule has 29 heavy (non-hydrogen) atoms. The topological polar surface area (TPSA) is 86.9 Å². The van der Waals surface area contributed by atoms with E-state index in [1.54, 1.807) is 18.0 Å². The summed E-state index contributed by atoms with van der Waals surface area (Å²) in [6.07, 6.45) is 1.62. The standard InChI is InChI=1S/C20H20BrN5O2S/c1-25-17(18(21)19(27)26(25)15-6-4-3-5-7-15)13-29-20(22)24-23-12-14-8-10-16(28-2)11-9-14/h3-12H,13H2,1-2H3,(H2,22,24)/b23-12+. The molecule has 0 saturated carbocycles. The molecule has 7 nitrogen and oxygen atoms in total. The van der Waals surface area contributed by atoms with Crippen molar-refractivity contribution in [1.29, 1.82) is 0 Å². The Balaban J connectivity index is 1.70. The van der Waals surface area contributed by atoms with Gasteiger partial charge in [0.1, 0.15) is 10.2 Å². The lowest BCUT2D eigenvalue weighted by molar-refractivity contribution is 0.415. The molecule has 0 atom stereocenters. The molecule has 1 heterocycles. The summed E-state index contributed by atoms with van der Waals surface area (Å²) in [6, 6.07) is 16.9. The minimum absolute atomic E-state index is 0.123. The minimum atomic E-state index is -0.123. The first kappa shape index (κ1) is 20.9. The lowest BCUT2D eigenvalue weighted by Gasteiger charge is -2.09. The van der Waals surface area contributed by atoms with Crippen LogP contribution in [0.15, 0.2) is 74.1 Å². The van der Waals surface area contributed by atoms with Gasteiger partial charge in [-0.25, -0.2) is 4.68 Å². The fourth-order valence-corrected chi connectivity index (χ4v) is 4.12. The number of para-hydroxylation sites is 1. The maximum absolute atomic E-state index is 12.6. The molecule has 0 aliphatic carbocycles. The molecule has 2 aromatic carbocycles. The molecule has 0 aliphatic heterocycles. The summed E-state index contributed by atoms with van der Waals surface area (Å²) >= 11 is 4.71. The lowest BCUT2D eigenvalue weighted by Crippen LogP contribution is -2.19. The molecule has 3 aromatic rings. The van der Waals surface area contributed by atoms with Crippen LogP contribution in [0.2, 0.25) is 0 Å². The van der Waals surface area contributed by atoms with Crippen LogP contribution in [0.5, 0.6) is 5.75 Å². The number of methoxy groups -OCH3 is 1. The van der Waals surface area contributed by atoms with Crippen LogP contribution in [0.3, 0.4) is 0 Å². The van der Waals surface area contributed by atoms with Crippen molar-refractivity contribution < 1.29 is 4.74 Å². The number of hydrogen-bond donors (Lipinski definition) is 1. The van der Waals surface area contributed by atoms with Crippen molar-refractivity contribution in [1.82, 2.24) is 9.36 Å². The van der Waals surface area contributed by atoms with Gasteiger partial charge in [-0.05, 0) is 57.9 Å². The zero-order chi connectivity index (χ0) is 20.8. The van der Waals surface area contributed by atoms with Crippen molar-refractivity contribution in [3.8, 4) is 11.4 Å². The van der Waals surface area contributed by atoms with E-state index in [0.717, 1.165) is 22.7 Å². The van der Waals surface area contributed by atoms with Gasteiger partial charge in [0.2, 0.25) is 0 Å². The van der Waals surface area contributed by atoms with Gasteiger partial charge in [-0.2, -0.15) is 5.10 Å². The van der Waals surface area contributed by atoms with Crippen molar-refractivity contribution in [3.05, 3.63) is 80.7 Å². The number of benzene rings is 2. The van der Waals surface area contributed by atoms with Crippen LogP contribution in [0, 0.1) is 0 Å². The van der Waals surface area contributed by atoms with Crippen LogP contribution in [0.4, 0.5) is 0 Å². The average Bonchev–Trinajstić information content (AvgIpc) is 2.96. The fourth-order valence-electron chi connectivity index (χ4n) is 2.65. The number of nitrogens with zero attached hydrogens (tertiary/aromatic N) is 4. The molecule has 2 N–H and O–H groups in total. The summed E-state index contributed by atoms with van der Waals surface area (Å²) in [4.78, 5) is 12.6. The van der Waals surface area contributed by atoms with Gasteiger partial charge in [0.05, 0.1) is 24.7 Å². The highest BCUT2D eigenvalue weighted by Gasteiger charge is 2.17. The molecule has 0 spiro atoms. The molecule has 0 amide bonds. The largest absolute Gasteiger partial charge is 0.497 e. The van der Waals surface area contributed by atoms with Crippen molar-refractivity contribution in [2.45, 2.75) is 5.75 Å². The number of aromatic nitrogens is 2. The van der Waals surface area contributed by atoms with E-state index in [4.69, 9.17) is 10.5 Å². The predicted molar refractivity (Wildman–Crippen MR) is 122 cm³/mol. The second-order valence-electron chi connectivity index (χ2n) is 5.98. The number of rotatable bonds is 6. The molecule has 1 aromatic heterocycles. The average molecular weight is 474 g/mol. The number of amidine groups is 1. The van der Waals surface area contributed by atoms with E-state index in [1.807, 2.05) is 66.3 Å². The number of thioether (sulfide) groups is 1. The zero-order valence-corrected chi connectivity index (χ0v) is 18.4. The highest BCUT2D eigenvalue weighted by molar-refractivity contribution is 9.10. The van der Waals surface area contributed by atoms with Crippen LogP contribution in [-0.2, 0) is 12.8 Å². The first-order chi connectivity index (χ1) is 14.0. The molecular formula is C20H20BrN5O2S. The summed E-state index contributed by atoms with van der Waals surface area (Å²) in [6.45, 7) is 0. The third kappa shape index (κ3) is 4.99. The Hall–Kier alpha value is -2.78. The van der Waals surface area contributed by atoms with Gasteiger partial charge in [0.25, 0.3) is 5.56 Å². The van der Waals surface area contributed by atoms with Gasteiger partial charge in [-0.15, -0.1) is 5.10 Å². The summed E-state index contributed by atoms with van der Waals surface area (Å²) in [5.41, 5.74) is 8.32. The third-order valence-corrected chi connectivity index (χ3v) is 5.75. The molecule has 0 fully saturated rings. The van der Waals surface area contributed by atoms with Crippen molar-refractivity contribution in [2.75, 3.05) is 7.11 Å². The molecular weight excluding hydrogens is 454 g/mol. The SMILES string of the molecule is COc1ccc(/C=N/N=C(/N)SCc2c(Br)c(=O)n(-c3ccccc3)n2C)cc1. The highest BCUT2D eigenvalue weighted by Crippen LogP contribution is 2.21. The Labute approximate surface area is 181 Å². The molecule has 0 unspecified atom stereocenters. The van der Waals surface area contributed by atoms with Gasteiger partial charge in [-0.3, -0.25) is 9.48 Å². The molecule has 150 valence electrons. The van der Waals surface area contributed by atoms with Crippen LogP contribution >= 0.6 is 27.7 Å². The van der Waals surface area contributed by atoms with E-state index in [9.17, 15) is 4.79 Å². The maximum Gasteiger partial charge on any atom is 0.286 e. The van der Waals surface area contributed by atoms with Crippen LogP contribution in [-0.4, -0.2) is 27.9 Å². The second-order valence-corrected chi connectivity index (χ2v) is 7.77. The molecule has 0 bridgehead atoms. The van der Waals surface area contributed by atoms with E-state index in [1.165, 1.54) is 11.8 Å². The van der Waals surface area contributed by atoms with Gasteiger partial charge >= 0.3 is 0 Å². The minimum Gasteiger partial charge on any atom is -0.497 e. The first-order valence-electron chi connectivity index (χ1n) is 8.66. The van der Waals surface area contributed by atoms with Gasteiger partial charge in [-0.1, -0.05) is 30.0 Å². The molecule has 3 rings (SSSR count). The zero-order valence-electron chi connectivity index (χ0n) is 15.9. The van der Waals surface area contributed by atoms with E-state index in [0.29, 0.717) is 15.4 Å². The quantitative estimate of drug-likeness (QED) is 0.337. The monoisotopic (exact) mass is 473 g/mol. The number of halogens is 1. The maximum atomic E-state index is 12.6. The van der Waals surface area contributed by atoms with Gasteiger partial charge in [0, 0.05) is 12.8 Å². The van der Waals surface area contributed by atoms with Crippen molar-refractivity contribution >= 4 is 39.1 Å². The number of ether oxygens (including phenoxy) is 1. The fraction of sp³-hybridized carbons (Fsp3) is 0.150. The van der Waals surface area contributed by atoms with Crippen molar-refractivity contribution in [2.24, 2.45) is 23.0 Å². The molecule has 9 heteroatoms. The van der Waals surface area contributed by atoms with Crippen LogP contribution in [0.25, 0.3) is 5.69 Å². The lowest BCUT2D eigenvalue weighted by atomic mass is 10.2. The number of nitrogens with two attached hydrogens (primary N) is 1. The predicted octanol–water partition coefficient (Wildman–Crippen LogP) is 3.53. The van der Waals surface area contributed by atoms with E-state index in [-0.39, 0.29) is 5.56 Å². The summed E-state index contributed by atoms with van der Waals surface area (Å²) in [5, 5.41) is 8.33. The smallest absolute Gasteiger partial charge is 0.286 e. The highest BCUT2D eigenvalue weighted by atomic mass is 79.9. The molecule has 0 saturated heterocycles. The first-order valence-corrected chi connectivity index (χ1v) is 10.4. The van der Waals surface area contributed by atoms with Crippen molar-refractivity contribution in [3.63, 3.8) is 0 Å². The van der Waals surface area contributed by atoms with Gasteiger partial charge < -0.3 is 10.5 Å². The van der Waals surface area contributed by atoms with E-state index in [2.05, 4.69) is 26.1 Å². The Morgan fingerprint density at radius 1 is 1.21 bits per heavy atom. The van der Waals surface area contributed by atoms with E-state index < -0.39 is 0 Å². The summed E-state index contributed by atoms with van der Waals surface area (Å²) in [7, 11) is 3.46. The Morgan fingerprint density at radius 2 is 1.90 bits per heavy atom. The number of hydrogen-bond acceptors (Lipinski definition) is 5. The summed E-state index contributed by atoms with van der Waals surface area (Å²) < 4.78 is 9.04. The van der Waals surface area contributed by atoms with Gasteiger partial charge in [0.15, 0.2) is 5.17 Å². The Bertz CT molecular complexity index is 1090. The van der Waals surface area contributed by atoms with Crippen LogP contribution < -0.4 is 16.0 Å². The third-order valence-electron chi connectivity index (χ3n) is 4.16. The second kappa shape index (κ2) is 9.62. The normalized spacial score (nSPS) is 11.9. The van der Waals surface area contributed by atoms with Crippen LogP contribution in [0.1, 0.15) is 11.3 Å². The molecule has 0 radical (unpaired) electrons. The Kier molecular flexibility index (Phi) is 6.95. The summed E-state index contributed by atoms with van der Waals surface area (Å²) in [5.74, 6) is 1.25.